The van der Waals surface area contributed by atoms with Gasteiger partial charge in [-0.25, -0.2) is 9.59 Å². The third-order valence-corrected chi connectivity index (χ3v) is 3.43. The molecule has 23 heavy (non-hydrogen) atoms. The van der Waals surface area contributed by atoms with E-state index in [0.29, 0.717) is 24.2 Å². The maximum atomic E-state index is 11.8. The van der Waals surface area contributed by atoms with E-state index in [0.717, 1.165) is 0 Å². The molecule has 0 aliphatic heterocycles. The number of carbonyl (C=O) groups is 2. The number of esters is 1. The van der Waals surface area contributed by atoms with E-state index < -0.39 is 17.7 Å². The molecule has 0 bridgehead atoms. The average Bonchev–Trinajstić information content (AvgIpc) is 2.82. The molecule has 1 aliphatic rings. The number of nitrogens with zero attached hydrogens (tertiary/aromatic N) is 2. The lowest BCUT2D eigenvalue weighted by molar-refractivity contribution is 0.0370. The molecule has 1 saturated carbocycles. The first-order valence-corrected chi connectivity index (χ1v) is 7.51. The molecular weight excluding hydrogens is 302 g/mol. The van der Waals surface area contributed by atoms with Gasteiger partial charge < -0.3 is 19.9 Å². The van der Waals surface area contributed by atoms with E-state index in [1.807, 2.05) is 0 Å². The molecule has 2 rings (SSSR count). The molecule has 1 heterocycles. The highest BCUT2D eigenvalue weighted by atomic mass is 16.6. The number of aliphatic hydroxyl groups is 1. The Hall–Kier alpha value is -2.09. The zero-order chi connectivity index (χ0) is 17.2. The number of rotatable bonds is 4. The predicted molar refractivity (Wildman–Crippen MR) is 80.9 cm³/mol. The highest BCUT2D eigenvalue weighted by Crippen LogP contribution is 2.33. The summed E-state index contributed by atoms with van der Waals surface area (Å²) in [6, 6.07) is 1.54. The minimum Gasteiger partial charge on any atom is -0.464 e. The second kappa shape index (κ2) is 6.57. The van der Waals surface area contributed by atoms with Gasteiger partial charge in [0.25, 0.3) is 0 Å². The fraction of sp³-hybridized carbons (Fsp3) is 0.667. The number of ether oxygens (including phenoxy) is 2. The van der Waals surface area contributed by atoms with Crippen molar-refractivity contribution >= 4 is 12.1 Å². The number of hydrogen-bond donors (Lipinski definition) is 2. The number of alkyl carbamates (subject to hydrolysis) is 1. The number of nitrogens with one attached hydrogen (secondary N) is 1. The Balaban J connectivity index is 2.05. The highest BCUT2D eigenvalue weighted by Gasteiger charge is 2.32. The third-order valence-electron chi connectivity index (χ3n) is 3.43. The Kier molecular flexibility index (Phi) is 4.93. The van der Waals surface area contributed by atoms with Crippen molar-refractivity contribution in [2.24, 2.45) is 0 Å². The fourth-order valence-electron chi connectivity index (χ4n) is 2.30. The first kappa shape index (κ1) is 17.3. The van der Waals surface area contributed by atoms with E-state index in [4.69, 9.17) is 9.47 Å². The van der Waals surface area contributed by atoms with Crippen molar-refractivity contribution in [1.82, 2.24) is 15.1 Å². The normalized spacial score (nSPS) is 20.6. The van der Waals surface area contributed by atoms with Gasteiger partial charge in [-0.2, -0.15) is 5.10 Å². The van der Waals surface area contributed by atoms with Crippen LogP contribution in [0.1, 0.15) is 55.8 Å². The minimum absolute atomic E-state index is 0.0330. The SMILES string of the molecule is COC(=O)c1cc(CNC(=O)OC(C)(C)C)nn1[C@H]1C[C@H](O)C1. The van der Waals surface area contributed by atoms with Gasteiger partial charge in [-0.05, 0) is 39.7 Å². The van der Waals surface area contributed by atoms with Crippen molar-refractivity contribution in [3.8, 4) is 0 Å². The lowest BCUT2D eigenvalue weighted by Crippen LogP contribution is -2.33. The van der Waals surface area contributed by atoms with E-state index in [1.54, 1.807) is 31.5 Å². The number of aromatic nitrogens is 2. The first-order chi connectivity index (χ1) is 10.7. The minimum atomic E-state index is -0.581. The van der Waals surface area contributed by atoms with Crippen molar-refractivity contribution in [1.29, 1.82) is 0 Å². The highest BCUT2D eigenvalue weighted by molar-refractivity contribution is 5.87. The Morgan fingerprint density at radius 1 is 1.43 bits per heavy atom. The number of methoxy groups -OCH3 is 1. The Morgan fingerprint density at radius 2 is 2.09 bits per heavy atom. The number of aliphatic hydroxyl groups excluding tert-OH is 1. The third kappa shape index (κ3) is 4.44. The Bertz CT molecular complexity index is 584. The molecule has 1 fully saturated rings. The van der Waals surface area contributed by atoms with E-state index in [2.05, 4.69) is 10.4 Å². The maximum Gasteiger partial charge on any atom is 0.407 e. The van der Waals surface area contributed by atoms with E-state index in [1.165, 1.54) is 7.11 Å². The smallest absolute Gasteiger partial charge is 0.407 e. The molecule has 0 unspecified atom stereocenters. The van der Waals surface area contributed by atoms with Gasteiger partial charge in [0.2, 0.25) is 0 Å². The van der Waals surface area contributed by atoms with Crippen molar-refractivity contribution in [3.05, 3.63) is 17.5 Å². The summed E-state index contributed by atoms with van der Waals surface area (Å²) in [7, 11) is 1.30. The molecule has 1 aromatic heterocycles. The molecule has 1 amide bonds. The predicted octanol–water partition coefficient (Wildman–Crippen LogP) is 1.39. The molecule has 0 atom stereocenters. The van der Waals surface area contributed by atoms with Gasteiger partial charge >= 0.3 is 12.1 Å². The van der Waals surface area contributed by atoms with Crippen LogP contribution in [0.15, 0.2) is 6.07 Å². The van der Waals surface area contributed by atoms with Crippen LogP contribution in [-0.4, -0.2) is 45.8 Å². The molecule has 1 aliphatic carbocycles. The van der Waals surface area contributed by atoms with E-state index >= 15 is 0 Å². The van der Waals surface area contributed by atoms with Crippen LogP contribution in [0.5, 0.6) is 0 Å². The Labute approximate surface area is 134 Å². The van der Waals surface area contributed by atoms with Crippen LogP contribution in [0.2, 0.25) is 0 Å². The summed E-state index contributed by atoms with van der Waals surface area (Å²) in [5.41, 5.74) is 0.255. The van der Waals surface area contributed by atoms with Gasteiger partial charge in [-0.3, -0.25) is 4.68 Å². The van der Waals surface area contributed by atoms with Crippen LogP contribution in [-0.2, 0) is 16.0 Å². The number of amides is 1. The summed E-state index contributed by atoms with van der Waals surface area (Å²) >= 11 is 0. The van der Waals surface area contributed by atoms with Crippen LogP contribution in [0.3, 0.4) is 0 Å². The monoisotopic (exact) mass is 325 g/mol. The molecule has 128 valence electrons. The van der Waals surface area contributed by atoms with E-state index in [-0.39, 0.29) is 18.7 Å². The summed E-state index contributed by atoms with van der Waals surface area (Å²) in [5.74, 6) is -0.498. The van der Waals surface area contributed by atoms with Gasteiger partial charge in [0, 0.05) is 0 Å². The largest absolute Gasteiger partial charge is 0.464 e. The van der Waals surface area contributed by atoms with Crippen molar-refractivity contribution in [3.63, 3.8) is 0 Å². The molecule has 0 radical (unpaired) electrons. The zero-order valence-electron chi connectivity index (χ0n) is 13.8. The fourth-order valence-corrected chi connectivity index (χ4v) is 2.30. The lowest BCUT2D eigenvalue weighted by atomic mass is 9.89. The quantitative estimate of drug-likeness (QED) is 0.811. The molecule has 0 spiro atoms. The van der Waals surface area contributed by atoms with E-state index in [9.17, 15) is 14.7 Å². The van der Waals surface area contributed by atoms with Gasteiger partial charge in [0.15, 0.2) is 0 Å². The zero-order valence-corrected chi connectivity index (χ0v) is 13.8. The van der Waals surface area contributed by atoms with Crippen molar-refractivity contribution in [2.45, 2.75) is 57.9 Å². The standard InChI is InChI=1S/C15H23N3O5/c1-15(2,3)23-14(21)16-8-9-5-12(13(20)22-4)18(17-9)10-6-11(19)7-10/h5,10-11,19H,6-8H2,1-4H3,(H,16,21)/t10-,11-. The summed E-state index contributed by atoms with van der Waals surface area (Å²) in [4.78, 5) is 23.5. The second-order valence-corrected chi connectivity index (χ2v) is 6.59. The van der Waals surface area contributed by atoms with Crippen molar-refractivity contribution in [2.75, 3.05) is 7.11 Å². The van der Waals surface area contributed by atoms with Gasteiger partial charge in [-0.1, -0.05) is 0 Å². The summed E-state index contributed by atoms with van der Waals surface area (Å²) in [5, 5.41) is 16.4. The van der Waals surface area contributed by atoms with Gasteiger partial charge in [-0.15, -0.1) is 0 Å². The molecule has 1 aromatic rings. The Morgan fingerprint density at radius 3 is 2.61 bits per heavy atom. The van der Waals surface area contributed by atoms with Crippen LogP contribution in [0.25, 0.3) is 0 Å². The van der Waals surface area contributed by atoms with Gasteiger partial charge in [0.1, 0.15) is 11.3 Å². The molecule has 2 N–H and O–H groups in total. The summed E-state index contributed by atoms with van der Waals surface area (Å²) in [6.07, 6.45) is 0.179. The van der Waals surface area contributed by atoms with Crippen LogP contribution < -0.4 is 5.32 Å². The molecule has 0 saturated heterocycles. The molecule has 8 nitrogen and oxygen atoms in total. The molecular formula is C15H23N3O5. The first-order valence-electron chi connectivity index (χ1n) is 7.51. The number of carbonyl (C=O) groups excluding carboxylic acids is 2. The molecule has 0 aromatic carbocycles. The number of hydrogen-bond acceptors (Lipinski definition) is 6. The molecule has 8 heteroatoms. The van der Waals surface area contributed by atoms with Crippen LogP contribution in [0.4, 0.5) is 4.79 Å². The topological polar surface area (TPSA) is 103 Å². The van der Waals surface area contributed by atoms with Crippen LogP contribution in [0, 0.1) is 0 Å². The maximum absolute atomic E-state index is 11.8. The summed E-state index contributed by atoms with van der Waals surface area (Å²) in [6.45, 7) is 5.47. The van der Waals surface area contributed by atoms with Crippen molar-refractivity contribution < 1.29 is 24.2 Å². The lowest BCUT2D eigenvalue weighted by Gasteiger charge is -2.32. The average molecular weight is 325 g/mol. The van der Waals surface area contributed by atoms with Gasteiger partial charge in [0.05, 0.1) is 31.5 Å². The summed E-state index contributed by atoms with van der Waals surface area (Å²) < 4.78 is 11.5. The van der Waals surface area contributed by atoms with Crippen LogP contribution >= 0.6 is 0 Å². The second-order valence-electron chi connectivity index (χ2n) is 6.59.